The van der Waals surface area contributed by atoms with Crippen molar-refractivity contribution in [3.63, 3.8) is 0 Å². The van der Waals surface area contributed by atoms with Gasteiger partial charge in [0.15, 0.2) is 0 Å². The summed E-state index contributed by atoms with van der Waals surface area (Å²) in [6, 6.07) is 13.9. The van der Waals surface area contributed by atoms with Crippen molar-refractivity contribution < 1.29 is 18.7 Å². The van der Waals surface area contributed by atoms with E-state index in [9.17, 15) is 9.18 Å². The monoisotopic (exact) mass is 452 g/mol. The van der Waals surface area contributed by atoms with Crippen molar-refractivity contribution in [1.29, 1.82) is 0 Å². The fourth-order valence-electron chi connectivity index (χ4n) is 5.55. The maximum Gasteiger partial charge on any atom is 0.309 e. The Bertz CT molecular complexity index is 944. The van der Waals surface area contributed by atoms with Crippen molar-refractivity contribution in [2.75, 3.05) is 13.7 Å². The van der Waals surface area contributed by atoms with Gasteiger partial charge in [0.25, 0.3) is 0 Å². The molecule has 178 valence electrons. The molecule has 4 rings (SSSR count). The Kier molecular flexibility index (Phi) is 7.72. The predicted octanol–water partition coefficient (Wildman–Crippen LogP) is 7.04. The molecule has 2 aromatic carbocycles. The van der Waals surface area contributed by atoms with Crippen LogP contribution in [0.4, 0.5) is 4.39 Å². The smallest absolute Gasteiger partial charge is 0.309 e. The molecule has 4 heteroatoms. The van der Waals surface area contributed by atoms with Crippen LogP contribution < -0.4 is 4.74 Å². The van der Waals surface area contributed by atoms with Crippen LogP contribution >= 0.6 is 0 Å². The van der Waals surface area contributed by atoms with Crippen LogP contribution in [0.5, 0.6) is 5.75 Å². The number of benzene rings is 2. The molecule has 2 aliphatic rings. The lowest BCUT2D eigenvalue weighted by Crippen LogP contribution is -2.22. The molecule has 0 heterocycles. The molecule has 2 atom stereocenters. The molecule has 1 unspecified atom stereocenters. The highest BCUT2D eigenvalue weighted by Crippen LogP contribution is 2.47. The van der Waals surface area contributed by atoms with E-state index in [1.165, 1.54) is 31.1 Å². The molecule has 3 nitrogen and oxygen atoms in total. The van der Waals surface area contributed by atoms with Crippen molar-refractivity contribution in [2.24, 2.45) is 17.8 Å². The van der Waals surface area contributed by atoms with Gasteiger partial charge in [-0.1, -0.05) is 38.1 Å². The number of halogens is 1. The first-order valence-electron chi connectivity index (χ1n) is 12.6. The van der Waals surface area contributed by atoms with E-state index in [1.807, 2.05) is 25.1 Å². The second-order valence-corrected chi connectivity index (χ2v) is 9.99. The molecular formula is C29H37FO3. The number of rotatable bonds is 9. The first-order chi connectivity index (χ1) is 16.0. The third-order valence-electron chi connectivity index (χ3n) is 7.73. The molecule has 0 amide bonds. The van der Waals surface area contributed by atoms with Crippen LogP contribution in [0.3, 0.4) is 0 Å². The summed E-state index contributed by atoms with van der Waals surface area (Å²) >= 11 is 0. The van der Waals surface area contributed by atoms with Gasteiger partial charge in [0.05, 0.1) is 19.6 Å². The Morgan fingerprint density at radius 3 is 2.48 bits per heavy atom. The Labute approximate surface area is 197 Å². The minimum Gasteiger partial charge on any atom is -0.493 e. The van der Waals surface area contributed by atoms with Gasteiger partial charge in [-0.25, -0.2) is 4.39 Å². The Balaban J connectivity index is 1.34. The Hall–Kier alpha value is -2.36. The molecule has 0 saturated heterocycles. The summed E-state index contributed by atoms with van der Waals surface area (Å²) < 4.78 is 25.6. The van der Waals surface area contributed by atoms with Crippen molar-refractivity contribution in [2.45, 2.75) is 70.6 Å². The lowest BCUT2D eigenvalue weighted by Gasteiger charge is -2.29. The van der Waals surface area contributed by atoms with E-state index in [0.717, 1.165) is 43.4 Å². The maximum absolute atomic E-state index is 14.4. The van der Waals surface area contributed by atoms with Crippen LogP contribution in [0.15, 0.2) is 42.5 Å². The second kappa shape index (κ2) is 10.7. The van der Waals surface area contributed by atoms with E-state index < -0.39 is 0 Å². The molecule has 2 fully saturated rings. The average Bonchev–Trinajstić information content (AvgIpc) is 3.68. The van der Waals surface area contributed by atoms with Crippen molar-refractivity contribution in [1.82, 2.24) is 0 Å². The van der Waals surface area contributed by atoms with Gasteiger partial charge in [-0.15, -0.1) is 0 Å². The largest absolute Gasteiger partial charge is 0.493 e. The number of hydrogen-bond donors (Lipinski definition) is 0. The number of esters is 1. The highest BCUT2D eigenvalue weighted by molar-refractivity contribution is 5.73. The van der Waals surface area contributed by atoms with Gasteiger partial charge in [0.1, 0.15) is 11.6 Å². The number of methoxy groups -OCH3 is 1. The topological polar surface area (TPSA) is 35.5 Å². The van der Waals surface area contributed by atoms with Gasteiger partial charge in [-0.3, -0.25) is 4.79 Å². The lowest BCUT2D eigenvalue weighted by atomic mass is 9.78. The van der Waals surface area contributed by atoms with Crippen LogP contribution in [0.2, 0.25) is 0 Å². The van der Waals surface area contributed by atoms with Crippen LogP contribution in [-0.2, 0) is 16.0 Å². The molecule has 0 radical (unpaired) electrons. The SMILES string of the molecule is CCc1ccc(F)c([C@H]2CC[C@H](COc3cccc(C(C4CC4)[C@H](C)C(=O)OC)c3)CC2)c1. The molecule has 33 heavy (non-hydrogen) atoms. The predicted molar refractivity (Wildman–Crippen MR) is 129 cm³/mol. The van der Waals surface area contributed by atoms with E-state index in [2.05, 4.69) is 25.1 Å². The van der Waals surface area contributed by atoms with Crippen molar-refractivity contribution >= 4 is 5.97 Å². The number of ether oxygens (including phenoxy) is 2. The quantitative estimate of drug-likeness (QED) is 0.383. The van der Waals surface area contributed by atoms with E-state index in [-0.39, 0.29) is 23.6 Å². The van der Waals surface area contributed by atoms with Crippen LogP contribution in [0, 0.1) is 23.6 Å². The summed E-state index contributed by atoms with van der Waals surface area (Å²) in [5.74, 6) is 2.07. The lowest BCUT2D eigenvalue weighted by molar-refractivity contribution is -0.145. The average molecular weight is 453 g/mol. The van der Waals surface area contributed by atoms with Crippen LogP contribution in [-0.4, -0.2) is 19.7 Å². The zero-order valence-electron chi connectivity index (χ0n) is 20.2. The Morgan fingerprint density at radius 2 is 1.82 bits per heavy atom. The number of carbonyl (C=O) groups excluding carboxylic acids is 1. The van der Waals surface area contributed by atoms with Gasteiger partial charge < -0.3 is 9.47 Å². The summed E-state index contributed by atoms with van der Waals surface area (Å²) in [7, 11) is 1.46. The van der Waals surface area contributed by atoms with Gasteiger partial charge in [0.2, 0.25) is 0 Å². The van der Waals surface area contributed by atoms with Crippen molar-refractivity contribution in [3.8, 4) is 5.75 Å². The maximum atomic E-state index is 14.4. The molecule has 2 aromatic rings. The van der Waals surface area contributed by atoms with E-state index in [1.54, 1.807) is 6.07 Å². The highest BCUT2D eigenvalue weighted by Gasteiger charge is 2.39. The van der Waals surface area contributed by atoms with E-state index in [0.29, 0.717) is 24.4 Å². The molecule has 0 N–H and O–H groups in total. The van der Waals surface area contributed by atoms with Gasteiger partial charge in [-0.05, 0) is 104 Å². The molecule has 2 saturated carbocycles. The molecular weight excluding hydrogens is 415 g/mol. The molecule has 0 bridgehead atoms. The molecule has 0 aromatic heterocycles. The van der Waals surface area contributed by atoms with Gasteiger partial charge in [0, 0.05) is 0 Å². The van der Waals surface area contributed by atoms with E-state index >= 15 is 0 Å². The number of hydrogen-bond acceptors (Lipinski definition) is 3. The number of aryl methyl sites for hydroxylation is 1. The second-order valence-electron chi connectivity index (χ2n) is 9.99. The third-order valence-corrected chi connectivity index (χ3v) is 7.73. The van der Waals surface area contributed by atoms with Gasteiger partial charge in [-0.2, -0.15) is 0 Å². The fraction of sp³-hybridized carbons (Fsp3) is 0.552. The summed E-state index contributed by atoms with van der Waals surface area (Å²) in [6.45, 7) is 4.78. The normalized spacial score (nSPS) is 22.4. The van der Waals surface area contributed by atoms with Crippen molar-refractivity contribution in [3.05, 3.63) is 65.0 Å². The Morgan fingerprint density at radius 1 is 1.06 bits per heavy atom. The third kappa shape index (κ3) is 5.77. The number of carbonyl (C=O) groups is 1. The zero-order valence-corrected chi connectivity index (χ0v) is 20.2. The minimum atomic E-state index is -0.153. The summed E-state index contributed by atoms with van der Waals surface area (Å²) in [5, 5.41) is 0. The first-order valence-corrected chi connectivity index (χ1v) is 12.6. The highest BCUT2D eigenvalue weighted by atomic mass is 19.1. The zero-order chi connectivity index (χ0) is 23.4. The molecule has 0 spiro atoms. The standard InChI is InChI=1S/C29H37FO3/c1-4-20-10-15-27(30)26(16-20)22-11-8-21(9-12-22)18-33-25-7-5-6-24(17-25)28(23-13-14-23)19(2)29(31)32-3/h5-7,10,15-17,19,21-23,28H,4,8-9,11-14,18H2,1-3H3/t19-,21-,22-,28?/m0/s1. The van der Waals surface area contributed by atoms with E-state index in [4.69, 9.17) is 9.47 Å². The van der Waals surface area contributed by atoms with Crippen LogP contribution in [0.25, 0.3) is 0 Å². The summed E-state index contributed by atoms with van der Waals surface area (Å²) in [4.78, 5) is 12.2. The van der Waals surface area contributed by atoms with Gasteiger partial charge >= 0.3 is 5.97 Å². The molecule has 0 aliphatic heterocycles. The van der Waals surface area contributed by atoms with Crippen LogP contribution in [0.1, 0.15) is 80.9 Å². The summed E-state index contributed by atoms with van der Waals surface area (Å²) in [5.41, 5.74) is 3.28. The molecule has 2 aliphatic carbocycles. The first kappa shape index (κ1) is 23.8. The minimum absolute atomic E-state index is 0.0601. The summed E-state index contributed by atoms with van der Waals surface area (Å²) in [6.07, 6.45) is 7.42. The fourth-order valence-corrected chi connectivity index (χ4v) is 5.55.